The van der Waals surface area contributed by atoms with E-state index in [0.29, 0.717) is 24.0 Å². The van der Waals surface area contributed by atoms with Gasteiger partial charge in [0, 0.05) is 40.9 Å². The highest BCUT2D eigenvalue weighted by atomic mass is 32.1. The van der Waals surface area contributed by atoms with Gasteiger partial charge >= 0.3 is 0 Å². The van der Waals surface area contributed by atoms with Gasteiger partial charge < -0.3 is 20.1 Å². The van der Waals surface area contributed by atoms with E-state index in [1.54, 1.807) is 11.3 Å². The van der Waals surface area contributed by atoms with Gasteiger partial charge in [0.1, 0.15) is 4.83 Å². The van der Waals surface area contributed by atoms with Gasteiger partial charge in [0.15, 0.2) is 0 Å². The lowest BCUT2D eigenvalue weighted by molar-refractivity contribution is -0.137. The zero-order valence-electron chi connectivity index (χ0n) is 25.7. The fourth-order valence-electron chi connectivity index (χ4n) is 7.87. The summed E-state index contributed by atoms with van der Waals surface area (Å²) in [4.78, 5) is 37.5. The first-order chi connectivity index (χ1) is 20.2. The van der Waals surface area contributed by atoms with Crippen LogP contribution < -0.4 is 5.32 Å². The molecule has 224 valence electrons. The molecule has 7 rings (SSSR count). The molecule has 3 saturated heterocycles. The Kier molecular flexibility index (Phi) is 7.25. The number of carbonyl (C=O) groups is 2. The molecule has 1 aromatic carbocycles. The summed E-state index contributed by atoms with van der Waals surface area (Å²) in [5.74, 6) is 0.740. The number of aromatic nitrogens is 1. The van der Waals surface area contributed by atoms with Gasteiger partial charge in [-0.3, -0.25) is 9.59 Å². The first-order valence-corrected chi connectivity index (χ1v) is 17.1. The number of thiophene rings is 1. The summed E-state index contributed by atoms with van der Waals surface area (Å²) in [6, 6.07) is 10.5. The van der Waals surface area contributed by atoms with Crippen LogP contribution >= 0.6 is 11.3 Å². The molecule has 3 aliphatic heterocycles. The number of benzene rings is 1. The van der Waals surface area contributed by atoms with Crippen LogP contribution in [0.1, 0.15) is 86.8 Å². The Bertz CT molecular complexity index is 1470. The summed E-state index contributed by atoms with van der Waals surface area (Å²) in [7, 11) is 0. The fraction of sp³-hybridized carbons (Fsp3) is 0.600. The molecule has 2 bridgehead atoms. The van der Waals surface area contributed by atoms with Crippen LogP contribution in [0.5, 0.6) is 0 Å². The Morgan fingerprint density at radius 3 is 2.19 bits per heavy atom. The number of likely N-dealkylation sites (tertiary alicyclic amines) is 1. The van der Waals surface area contributed by atoms with E-state index < -0.39 is 5.41 Å². The molecule has 0 radical (unpaired) electrons. The Morgan fingerprint density at radius 2 is 1.57 bits per heavy atom. The lowest BCUT2D eigenvalue weighted by Gasteiger charge is -2.32. The highest BCUT2D eigenvalue weighted by Crippen LogP contribution is 2.44. The van der Waals surface area contributed by atoms with E-state index in [9.17, 15) is 9.59 Å². The number of rotatable bonds is 8. The largest absolute Gasteiger partial charge is 0.353 e. The third-order valence-corrected chi connectivity index (χ3v) is 11.9. The predicted molar refractivity (Wildman–Crippen MR) is 171 cm³/mol. The molecule has 3 aromatic rings. The summed E-state index contributed by atoms with van der Waals surface area (Å²) >= 11 is 1.77. The third-order valence-electron chi connectivity index (χ3n) is 10.5. The molecule has 2 amide bonds. The van der Waals surface area contributed by atoms with Crippen molar-refractivity contribution in [1.82, 2.24) is 20.1 Å². The average Bonchev–Trinajstić information content (AvgIpc) is 3.28. The van der Waals surface area contributed by atoms with Gasteiger partial charge in [-0.1, -0.05) is 17.2 Å². The molecule has 5 heterocycles. The van der Waals surface area contributed by atoms with Crippen LogP contribution in [-0.4, -0.2) is 64.4 Å². The zero-order valence-corrected chi connectivity index (χ0v) is 26.5. The zero-order chi connectivity index (χ0) is 29.2. The molecule has 4 fully saturated rings. The average molecular weight is 587 g/mol. The second-order valence-electron chi connectivity index (χ2n) is 14.2. The maximum absolute atomic E-state index is 13.9. The van der Waals surface area contributed by atoms with E-state index >= 15 is 0 Å². The van der Waals surface area contributed by atoms with E-state index in [0.717, 1.165) is 56.6 Å². The van der Waals surface area contributed by atoms with Crippen molar-refractivity contribution in [3.05, 3.63) is 45.8 Å². The topological polar surface area (TPSA) is 68.4 Å². The molecule has 2 aromatic heterocycles. The molecular formula is C35H46N4O2S. The minimum absolute atomic E-state index is 0.164. The Morgan fingerprint density at radius 1 is 0.929 bits per heavy atom. The molecule has 2 N–H and O–H groups in total. The van der Waals surface area contributed by atoms with E-state index in [-0.39, 0.29) is 11.8 Å². The smallest absolute Gasteiger partial charge is 0.233 e. The number of aromatic amines is 1. The maximum Gasteiger partial charge on any atom is 0.233 e. The number of aryl methyl sites for hydroxylation is 2. The molecule has 1 saturated carbocycles. The number of fused-ring (bicyclic) bond motifs is 3. The number of hydrogen-bond acceptors (Lipinski definition) is 4. The second-order valence-corrected chi connectivity index (χ2v) is 15.2. The first-order valence-electron chi connectivity index (χ1n) is 16.3. The molecule has 0 atom stereocenters. The van der Waals surface area contributed by atoms with Crippen LogP contribution in [0.25, 0.3) is 21.5 Å². The van der Waals surface area contributed by atoms with E-state index in [2.05, 4.69) is 72.1 Å². The standard InChI is InChI=1S/C35H46N4O2S/c1-21-17-22(2)19-24(18-21)31-28(13-16-38-14-11-23(12-15-38)32(40)36-25-5-6-25)29-20-30(42-33(29)37-31)35(3,4)34(41)39-26-7-8-27(39)10-9-26/h17-20,23,25-27,37H,5-16H2,1-4H3,(H,36,40). The molecular weight excluding hydrogens is 540 g/mol. The van der Waals surface area contributed by atoms with Crippen molar-refractivity contribution in [2.24, 2.45) is 5.92 Å². The van der Waals surface area contributed by atoms with Crippen molar-refractivity contribution in [2.75, 3.05) is 19.6 Å². The molecule has 6 nitrogen and oxygen atoms in total. The SMILES string of the molecule is Cc1cc(C)cc(-c2[nH]c3sc(C(C)(C)C(=O)N4C5CCC4CC5)cc3c2CCN2CCC(C(=O)NC3CC3)CC2)c1. The number of amides is 2. The molecule has 0 unspecified atom stereocenters. The lowest BCUT2D eigenvalue weighted by Crippen LogP contribution is -2.45. The summed E-state index contributed by atoms with van der Waals surface area (Å²) in [6.07, 6.45) is 9.81. The number of H-pyrrole nitrogens is 1. The Balaban J connectivity index is 1.14. The third kappa shape index (κ3) is 5.21. The van der Waals surface area contributed by atoms with Crippen molar-refractivity contribution < 1.29 is 9.59 Å². The summed E-state index contributed by atoms with van der Waals surface area (Å²) in [5, 5.41) is 4.48. The molecule has 42 heavy (non-hydrogen) atoms. The lowest BCUT2D eigenvalue weighted by atomic mass is 9.88. The number of hydrogen-bond donors (Lipinski definition) is 2. The molecule has 4 aliphatic rings. The summed E-state index contributed by atoms with van der Waals surface area (Å²) < 4.78 is 0. The normalized spacial score (nSPS) is 23.3. The molecule has 1 aliphatic carbocycles. The minimum Gasteiger partial charge on any atom is -0.353 e. The molecule has 0 spiro atoms. The van der Waals surface area contributed by atoms with Gasteiger partial charge in [-0.2, -0.15) is 0 Å². The summed E-state index contributed by atoms with van der Waals surface area (Å²) in [5.41, 5.74) is 5.83. The summed E-state index contributed by atoms with van der Waals surface area (Å²) in [6.45, 7) is 11.5. The van der Waals surface area contributed by atoms with Crippen molar-refractivity contribution in [1.29, 1.82) is 0 Å². The Labute approximate surface area is 254 Å². The quantitative estimate of drug-likeness (QED) is 0.318. The van der Waals surface area contributed by atoms with Crippen LogP contribution in [0.2, 0.25) is 0 Å². The van der Waals surface area contributed by atoms with Crippen molar-refractivity contribution in [3.63, 3.8) is 0 Å². The van der Waals surface area contributed by atoms with E-state index in [4.69, 9.17) is 0 Å². The van der Waals surface area contributed by atoms with Crippen molar-refractivity contribution in [3.8, 4) is 11.3 Å². The second kappa shape index (κ2) is 10.8. The van der Waals surface area contributed by atoms with Crippen LogP contribution in [0.4, 0.5) is 0 Å². The number of piperidine rings is 1. The number of nitrogens with zero attached hydrogens (tertiary/aromatic N) is 2. The van der Waals surface area contributed by atoms with Gasteiger partial charge in [0.05, 0.1) is 11.1 Å². The first kappa shape index (κ1) is 28.1. The minimum atomic E-state index is -0.532. The number of carbonyl (C=O) groups excluding carboxylic acids is 2. The van der Waals surface area contributed by atoms with Gasteiger partial charge in [-0.25, -0.2) is 0 Å². The van der Waals surface area contributed by atoms with E-state index in [1.807, 2.05) is 0 Å². The Hall–Kier alpha value is -2.64. The van der Waals surface area contributed by atoms with Gasteiger partial charge in [-0.05, 0) is 128 Å². The highest BCUT2D eigenvalue weighted by molar-refractivity contribution is 7.19. The van der Waals surface area contributed by atoms with Gasteiger partial charge in [-0.15, -0.1) is 11.3 Å². The van der Waals surface area contributed by atoms with Crippen LogP contribution in [0, 0.1) is 19.8 Å². The monoisotopic (exact) mass is 586 g/mol. The van der Waals surface area contributed by atoms with E-state index in [1.165, 1.54) is 63.8 Å². The van der Waals surface area contributed by atoms with Crippen LogP contribution in [0.3, 0.4) is 0 Å². The number of nitrogens with one attached hydrogen (secondary N) is 2. The fourth-order valence-corrected chi connectivity index (χ4v) is 9.06. The van der Waals surface area contributed by atoms with Crippen LogP contribution in [0.15, 0.2) is 24.3 Å². The maximum atomic E-state index is 13.9. The molecule has 7 heteroatoms. The van der Waals surface area contributed by atoms with Gasteiger partial charge in [0.2, 0.25) is 11.8 Å². The highest BCUT2D eigenvalue weighted by Gasteiger charge is 2.47. The van der Waals surface area contributed by atoms with Crippen molar-refractivity contribution >= 4 is 33.4 Å². The van der Waals surface area contributed by atoms with Crippen molar-refractivity contribution in [2.45, 2.75) is 109 Å². The van der Waals surface area contributed by atoms with Gasteiger partial charge in [0.25, 0.3) is 0 Å². The predicted octanol–water partition coefficient (Wildman–Crippen LogP) is 6.48. The van der Waals surface area contributed by atoms with Crippen LogP contribution in [-0.2, 0) is 21.4 Å².